The van der Waals surface area contributed by atoms with Crippen LogP contribution in [0.3, 0.4) is 0 Å². The molecule has 0 bridgehead atoms. The number of ether oxygens (including phenoxy) is 1. The van der Waals surface area contributed by atoms with Crippen LogP contribution in [0.2, 0.25) is 0 Å². The molecule has 0 saturated heterocycles. The van der Waals surface area contributed by atoms with Gasteiger partial charge < -0.3 is 4.74 Å². The lowest BCUT2D eigenvalue weighted by molar-refractivity contribution is -0.212. The number of rotatable bonds is 5. The van der Waals surface area contributed by atoms with E-state index in [0.717, 1.165) is 11.1 Å². The molecule has 0 unspecified atom stereocenters. The minimum Gasteiger partial charge on any atom is -0.448 e. The zero-order valence-corrected chi connectivity index (χ0v) is 15.3. The van der Waals surface area contributed by atoms with Gasteiger partial charge in [0.2, 0.25) is 0 Å². The van der Waals surface area contributed by atoms with Crippen LogP contribution in [0.1, 0.15) is 25.0 Å². The van der Waals surface area contributed by atoms with Gasteiger partial charge in [-0.2, -0.15) is 28.2 Å². The van der Waals surface area contributed by atoms with Gasteiger partial charge >= 0.3 is 12.1 Å². The number of alkyl halides is 3. The van der Waals surface area contributed by atoms with E-state index in [-0.39, 0.29) is 0 Å². The van der Waals surface area contributed by atoms with Gasteiger partial charge in [0.1, 0.15) is 11.3 Å². The van der Waals surface area contributed by atoms with E-state index in [2.05, 4.69) is 14.9 Å². The molecular weight excluding hydrogens is 371 g/mol. The first-order chi connectivity index (χ1) is 13.1. The SMILES string of the molecule is CC(C)(OC(=O)C(F)(F)F)c1ccc(-c2cnn(Cc3ccccc3)n2)cc1. The lowest BCUT2D eigenvalue weighted by Gasteiger charge is -2.26. The maximum atomic E-state index is 12.4. The van der Waals surface area contributed by atoms with Crippen molar-refractivity contribution >= 4 is 5.97 Å². The highest BCUT2D eigenvalue weighted by molar-refractivity contribution is 5.76. The molecule has 0 amide bonds. The molecule has 0 atom stereocenters. The van der Waals surface area contributed by atoms with E-state index in [4.69, 9.17) is 0 Å². The Hall–Kier alpha value is -3.16. The van der Waals surface area contributed by atoms with Crippen LogP contribution in [-0.4, -0.2) is 27.1 Å². The molecule has 0 radical (unpaired) electrons. The molecule has 5 nitrogen and oxygen atoms in total. The molecule has 2 aromatic carbocycles. The molecule has 8 heteroatoms. The van der Waals surface area contributed by atoms with Crippen molar-refractivity contribution in [2.24, 2.45) is 0 Å². The van der Waals surface area contributed by atoms with E-state index in [0.29, 0.717) is 17.8 Å². The predicted octanol–water partition coefficient (Wildman–Crippen LogP) is 4.33. The van der Waals surface area contributed by atoms with E-state index in [1.807, 2.05) is 30.3 Å². The second kappa shape index (κ2) is 7.46. The summed E-state index contributed by atoms with van der Waals surface area (Å²) in [5.74, 6) is -2.22. The summed E-state index contributed by atoms with van der Waals surface area (Å²) in [4.78, 5) is 12.7. The quantitative estimate of drug-likeness (QED) is 0.610. The molecule has 0 spiro atoms. The maximum absolute atomic E-state index is 12.4. The number of aromatic nitrogens is 3. The third-order valence-electron chi connectivity index (χ3n) is 4.16. The Kier molecular flexibility index (Phi) is 5.22. The summed E-state index contributed by atoms with van der Waals surface area (Å²) in [6, 6.07) is 16.4. The summed E-state index contributed by atoms with van der Waals surface area (Å²) in [6.45, 7) is 3.34. The van der Waals surface area contributed by atoms with Crippen LogP contribution in [0.5, 0.6) is 0 Å². The molecule has 3 aromatic rings. The fourth-order valence-corrected chi connectivity index (χ4v) is 2.64. The third-order valence-corrected chi connectivity index (χ3v) is 4.16. The Morgan fingerprint density at radius 3 is 2.29 bits per heavy atom. The van der Waals surface area contributed by atoms with Crippen LogP contribution in [0.15, 0.2) is 60.8 Å². The average molecular weight is 389 g/mol. The minimum absolute atomic E-state index is 0.436. The Balaban J connectivity index is 1.73. The van der Waals surface area contributed by atoms with Crippen LogP contribution in [0.25, 0.3) is 11.3 Å². The molecule has 0 aliphatic rings. The minimum atomic E-state index is -5.03. The number of benzene rings is 2. The van der Waals surface area contributed by atoms with Gasteiger partial charge in [-0.3, -0.25) is 0 Å². The van der Waals surface area contributed by atoms with Gasteiger partial charge in [-0.15, -0.1) is 0 Å². The average Bonchev–Trinajstić information content (AvgIpc) is 3.10. The van der Waals surface area contributed by atoms with E-state index < -0.39 is 17.7 Å². The standard InChI is InChI=1S/C20H18F3N3O2/c1-19(2,28-18(27)20(21,22)23)16-10-8-15(9-11-16)17-12-24-26(25-17)13-14-6-4-3-5-7-14/h3-12H,13H2,1-2H3. The number of carbonyl (C=O) groups excluding carboxylic acids is 1. The Morgan fingerprint density at radius 1 is 1.04 bits per heavy atom. The monoisotopic (exact) mass is 389 g/mol. The smallest absolute Gasteiger partial charge is 0.448 e. The highest BCUT2D eigenvalue weighted by Crippen LogP contribution is 2.30. The number of hydrogen-bond donors (Lipinski definition) is 0. The molecule has 1 heterocycles. The van der Waals surface area contributed by atoms with Crippen molar-refractivity contribution in [2.75, 3.05) is 0 Å². The van der Waals surface area contributed by atoms with Crippen LogP contribution in [0, 0.1) is 0 Å². The lowest BCUT2D eigenvalue weighted by atomic mass is 9.96. The van der Waals surface area contributed by atoms with Crippen LogP contribution >= 0.6 is 0 Å². The number of carbonyl (C=O) groups is 1. The zero-order chi connectivity index (χ0) is 20.4. The molecule has 0 saturated carbocycles. The van der Waals surface area contributed by atoms with E-state index >= 15 is 0 Å². The number of esters is 1. The van der Waals surface area contributed by atoms with E-state index in [1.54, 1.807) is 35.3 Å². The van der Waals surface area contributed by atoms with Crippen LogP contribution in [0.4, 0.5) is 13.2 Å². The Labute approximate surface area is 159 Å². The molecule has 0 N–H and O–H groups in total. The number of nitrogens with zero attached hydrogens (tertiary/aromatic N) is 3. The highest BCUT2D eigenvalue weighted by atomic mass is 19.4. The fraction of sp³-hybridized carbons (Fsp3) is 0.250. The summed E-state index contributed by atoms with van der Waals surface area (Å²) in [5, 5.41) is 8.66. The van der Waals surface area contributed by atoms with Crippen molar-refractivity contribution in [3.63, 3.8) is 0 Å². The number of halogens is 3. The van der Waals surface area contributed by atoms with E-state index in [1.165, 1.54) is 13.8 Å². The Morgan fingerprint density at radius 2 is 1.68 bits per heavy atom. The molecule has 3 rings (SSSR count). The van der Waals surface area contributed by atoms with Gasteiger partial charge in [-0.25, -0.2) is 4.79 Å². The van der Waals surface area contributed by atoms with Gasteiger partial charge in [0.15, 0.2) is 0 Å². The highest BCUT2D eigenvalue weighted by Gasteiger charge is 2.44. The van der Waals surface area contributed by atoms with Gasteiger partial charge in [0.05, 0.1) is 12.7 Å². The molecule has 0 fully saturated rings. The van der Waals surface area contributed by atoms with Gasteiger partial charge in [-0.05, 0) is 25.0 Å². The molecule has 1 aromatic heterocycles. The fourth-order valence-electron chi connectivity index (χ4n) is 2.64. The largest absolute Gasteiger partial charge is 0.490 e. The van der Waals surface area contributed by atoms with Crippen molar-refractivity contribution < 1.29 is 22.7 Å². The van der Waals surface area contributed by atoms with Crippen LogP contribution in [-0.2, 0) is 21.7 Å². The number of hydrogen-bond acceptors (Lipinski definition) is 4. The van der Waals surface area contributed by atoms with Crippen molar-refractivity contribution in [1.29, 1.82) is 0 Å². The van der Waals surface area contributed by atoms with Crippen molar-refractivity contribution in [3.8, 4) is 11.3 Å². The van der Waals surface area contributed by atoms with Gasteiger partial charge in [0.25, 0.3) is 0 Å². The predicted molar refractivity (Wildman–Crippen MR) is 96.2 cm³/mol. The van der Waals surface area contributed by atoms with Gasteiger partial charge in [-0.1, -0.05) is 54.6 Å². The van der Waals surface area contributed by atoms with E-state index in [9.17, 15) is 18.0 Å². The van der Waals surface area contributed by atoms with Crippen molar-refractivity contribution in [1.82, 2.24) is 15.0 Å². The molecule has 28 heavy (non-hydrogen) atoms. The zero-order valence-electron chi connectivity index (χ0n) is 15.3. The van der Waals surface area contributed by atoms with Crippen molar-refractivity contribution in [2.45, 2.75) is 32.2 Å². The molecular formula is C20H18F3N3O2. The summed E-state index contributed by atoms with van der Waals surface area (Å²) in [5.41, 5.74) is 1.46. The summed E-state index contributed by atoms with van der Waals surface area (Å²) < 4.78 is 41.9. The maximum Gasteiger partial charge on any atom is 0.490 e. The lowest BCUT2D eigenvalue weighted by Crippen LogP contribution is -2.34. The Bertz CT molecular complexity index is 949. The van der Waals surface area contributed by atoms with Crippen molar-refractivity contribution in [3.05, 3.63) is 71.9 Å². The summed E-state index contributed by atoms with van der Waals surface area (Å²) >= 11 is 0. The summed E-state index contributed by atoms with van der Waals surface area (Å²) in [7, 11) is 0. The van der Waals surface area contributed by atoms with Gasteiger partial charge in [0, 0.05) is 5.56 Å². The molecule has 0 aliphatic heterocycles. The third kappa shape index (κ3) is 4.57. The first kappa shape index (κ1) is 19.6. The molecule has 0 aliphatic carbocycles. The second-order valence-corrected chi connectivity index (χ2v) is 6.72. The summed E-state index contributed by atoms with van der Waals surface area (Å²) in [6.07, 6.45) is -3.42. The topological polar surface area (TPSA) is 57.0 Å². The second-order valence-electron chi connectivity index (χ2n) is 6.72. The van der Waals surface area contributed by atoms with Crippen LogP contribution < -0.4 is 0 Å². The molecule has 146 valence electrons. The normalized spacial score (nSPS) is 12.0. The first-order valence-electron chi connectivity index (χ1n) is 8.50. The first-order valence-corrected chi connectivity index (χ1v) is 8.50.